The Kier molecular flexibility index (Phi) is 6.74. The zero-order valence-corrected chi connectivity index (χ0v) is 12.7. The van der Waals surface area contributed by atoms with E-state index in [0.29, 0.717) is 18.9 Å². The Morgan fingerprint density at radius 2 is 1.90 bits per heavy atom. The van der Waals surface area contributed by atoms with E-state index in [2.05, 4.69) is 0 Å². The maximum atomic E-state index is 12.2. The van der Waals surface area contributed by atoms with Gasteiger partial charge in [-0.1, -0.05) is 62.4 Å². The van der Waals surface area contributed by atoms with Crippen LogP contribution < -0.4 is 0 Å². The number of esters is 1. The number of aliphatic hydroxyl groups is 1. The van der Waals surface area contributed by atoms with Gasteiger partial charge in [-0.2, -0.15) is 0 Å². The summed E-state index contributed by atoms with van der Waals surface area (Å²) in [7, 11) is 0. The molecule has 0 saturated heterocycles. The average molecular weight is 290 g/mol. The lowest BCUT2D eigenvalue weighted by Gasteiger charge is -2.25. The largest absolute Gasteiger partial charge is 0.461 e. The summed E-state index contributed by atoms with van der Waals surface area (Å²) in [6.07, 6.45) is 7.69. The predicted molar refractivity (Wildman–Crippen MR) is 82.6 cm³/mol. The minimum absolute atomic E-state index is 0.0534. The van der Waals surface area contributed by atoms with Crippen LogP contribution in [-0.4, -0.2) is 17.7 Å². The first kappa shape index (κ1) is 16.0. The van der Waals surface area contributed by atoms with Crippen molar-refractivity contribution in [3.63, 3.8) is 0 Å². The fraction of sp³-hybridized carbons (Fsp3) is 0.611. The van der Waals surface area contributed by atoms with E-state index in [0.717, 1.165) is 12.0 Å². The Labute approximate surface area is 127 Å². The smallest absolute Gasteiger partial charge is 0.309 e. The van der Waals surface area contributed by atoms with E-state index < -0.39 is 0 Å². The lowest BCUT2D eigenvalue weighted by molar-refractivity contribution is -0.151. The molecule has 1 saturated carbocycles. The minimum Gasteiger partial charge on any atom is -0.461 e. The second-order valence-electron chi connectivity index (χ2n) is 6.04. The number of rotatable bonds is 7. The van der Waals surface area contributed by atoms with Crippen LogP contribution in [-0.2, 0) is 16.1 Å². The Morgan fingerprint density at radius 1 is 1.19 bits per heavy atom. The number of hydrogen-bond acceptors (Lipinski definition) is 3. The van der Waals surface area contributed by atoms with Crippen LogP contribution in [0, 0.1) is 11.8 Å². The molecule has 21 heavy (non-hydrogen) atoms. The number of carbonyl (C=O) groups excluding carboxylic acids is 1. The number of hydrogen-bond donors (Lipinski definition) is 1. The Morgan fingerprint density at radius 3 is 2.57 bits per heavy atom. The Balaban J connectivity index is 1.82. The molecule has 3 nitrogen and oxygen atoms in total. The fourth-order valence-electron chi connectivity index (χ4n) is 3.16. The van der Waals surface area contributed by atoms with Gasteiger partial charge in [0.2, 0.25) is 0 Å². The van der Waals surface area contributed by atoms with E-state index in [1.54, 1.807) is 0 Å². The molecule has 0 spiro atoms. The van der Waals surface area contributed by atoms with Gasteiger partial charge in [-0.25, -0.2) is 0 Å². The van der Waals surface area contributed by atoms with Crippen molar-refractivity contribution in [3.05, 3.63) is 35.9 Å². The Bertz CT molecular complexity index is 410. The van der Waals surface area contributed by atoms with Gasteiger partial charge in [0, 0.05) is 6.61 Å². The normalized spacial score (nSPS) is 17.4. The third kappa shape index (κ3) is 5.50. The maximum Gasteiger partial charge on any atom is 0.309 e. The molecule has 1 atom stereocenters. The summed E-state index contributed by atoms with van der Waals surface area (Å²) in [6.45, 7) is 0.379. The van der Waals surface area contributed by atoms with Crippen LogP contribution in [0.4, 0.5) is 0 Å². The second kappa shape index (κ2) is 8.83. The third-order valence-corrected chi connectivity index (χ3v) is 4.38. The molecule has 3 heteroatoms. The third-order valence-electron chi connectivity index (χ3n) is 4.38. The maximum absolute atomic E-state index is 12.2. The predicted octanol–water partition coefficient (Wildman–Crippen LogP) is 3.70. The molecule has 2 rings (SSSR count). The molecule has 0 amide bonds. The molecular weight excluding hydrogens is 264 g/mol. The highest BCUT2D eigenvalue weighted by Gasteiger charge is 2.25. The molecule has 1 fully saturated rings. The van der Waals surface area contributed by atoms with E-state index >= 15 is 0 Å². The van der Waals surface area contributed by atoms with Crippen molar-refractivity contribution in [2.75, 3.05) is 6.61 Å². The van der Waals surface area contributed by atoms with Crippen LogP contribution in [0.3, 0.4) is 0 Å². The number of carbonyl (C=O) groups is 1. The second-order valence-corrected chi connectivity index (χ2v) is 6.04. The van der Waals surface area contributed by atoms with Gasteiger partial charge in [-0.05, 0) is 24.3 Å². The first-order chi connectivity index (χ1) is 10.3. The van der Waals surface area contributed by atoms with Crippen molar-refractivity contribution in [2.45, 2.75) is 51.6 Å². The quantitative estimate of drug-likeness (QED) is 0.779. The zero-order valence-electron chi connectivity index (χ0n) is 12.7. The van der Waals surface area contributed by atoms with Crippen LogP contribution >= 0.6 is 0 Å². The summed E-state index contributed by atoms with van der Waals surface area (Å²) in [4.78, 5) is 12.2. The number of benzene rings is 1. The highest BCUT2D eigenvalue weighted by Crippen LogP contribution is 2.30. The molecule has 0 radical (unpaired) electrons. The highest BCUT2D eigenvalue weighted by molar-refractivity contribution is 5.72. The molecule has 0 aliphatic heterocycles. The summed E-state index contributed by atoms with van der Waals surface area (Å²) < 4.78 is 5.43. The van der Waals surface area contributed by atoms with Crippen LogP contribution in [0.15, 0.2) is 30.3 Å². The molecule has 0 bridgehead atoms. The van der Waals surface area contributed by atoms with Crippen LogP contribution in [0.1, 0.15) is 50.5 Å². The van der Waals surface area contributed by atoms with Gasteiger partial charge in [-0.3, -0.25) is 4.79 Å². The molecule has 116 valence electrons. The van der Waals surface area contributed by atoms with Gasteiger partial charge in [0.25, 0.3) is 0 Å². The molecule has 0 heterocycles. The van der Waals surface area contributed by atoms with E-state index in [-0.39, 0.29) is 18.5 Å². The highest BCUT2D eigenvalue weighted by atomic mass is 16.5. The molecule has 1 aliphatic rings. The van der Waals surface area contributed by atoms with Crippen molar-refractivity contribution >= 4 is 5.97 Å². The molecular formula is C18H26O3. The van der Waals surface area contributed by atoms with Crippen molar-refractivity contribution in [1.82, 2.24) is 0 Å². The lowest BCUT2D eigenvalue weighted by atomic mass is 9.82. The van der Waals surface area contributed by atoms with E-state index in [1.807, 2.05) is 30.3 Å². The number of ether oxygens (including phenoxy) is 1. The monoisotopic (exact) mass is 290 g/mol. The van der Waals surface area contributed by atoms with Crippen molar-refractivity contribution in [1.29, 1.82) is 0 Å². The van der Waals surface area contributed by atoms with Gasteiger partial charge >= 0.3 is 5.97 Å². The van der Waals surface area contributed by atoms with Gasteiger partial charge in [-0.15, -0.1) is 0 Å². The van der Waals surface area contributed by atoms with Gasteiger partial charge in [0.05, 0.1) is 5.92 Å². The molecule has 1 aromatic carbocycles. The van der Waals surface area contributed by atoms with Crippen molar-refractivity contribution < 1.29 is 14.6 Å². The van der Waals surface area contributed by atoms with E-state index in [1.165, 1.54) is 32.1 Å². The lowest BCUT2D eigenvalue weighted by Crippen LogP contribution is -2.23. The SMILES string of the molecule is O=C(OCc1ccccc1)C(CCO)CC1CCCCC1. The van der Waals surface area contributed by atoms with Gasteiger partial charge in [0.1, 0.15) is 6.61 Å². The summed E-state index contributed by atoms with van der Waals surface area (Å²) in [6, 6.07) is 9.74. The van der Waals surface area contributed by atoms with Crippen LogP contribution in [0.5, 0.6) is 0 Å². The summed E-state index contributed by atoms with van der Waals surface area (Å²) in [5.41, 5.74) is 1.01. The summed E-state index contributed by atoms with van der Waals surface area (Å²) in [5, 5.41) is 9.19. The van der Waals surface area contributed by atoms with Crippen LogP contribution in [0.25, 0.3) is 0 Å². The molecule has 1 aromatic rings. The van der Waals surface area contributed by atoms with Crippen molar-refractivity contribution in [3.8, 4) is 0 Å². The topological polar surface area (TPSA) is 46.5 Å². The summed E-state index contributed by atoms with van der Waals surface area (Å²) in [5.74, 6) is 0.319. The standard InChI is InChI=1S/C18H26O3/c19-12-11-17(13-15-7-3-1-4-8-15)18(20)21-14-16-9-5-2-6-10-16/h2,5-6,9-10,15,17,19H,1,3-4,7-8,11-14H2. The van der Waals surface area contributed by atoms with Gasteiger partial charge in [0.15, 0.2) is 0 Å². The first-order valence-corrected chi connectivity index (χ1v) is 8.11. The summed E-state index contributed by atoms with van der Waals surface area (Å²) >= 11 is 0. The van der Waals surface area contributed by atoms with Crippen molar-refractivity contribution in [2.24, 2.45) is 11.8 Å². The molecule has 1 N–H and O–H groups in total. The Hall–Kier alpha value is -1.35. The minimum atomic E-state index is -0.154. The molecule has 1 unspecified atom stereocenters. The zero-order chi connectivity index (χ0) is 14.9. The van der Waals surface area contributed by atoms with E-state index in [9.17, 15) is 9.90 Å². The van der Waals surface area contributed by atoms with E-state index in [4.69, 9.17) is 4.74 Å². The fourth-order valence-corrected chi connectivity index (χ4v) is 3.16. The van der Waals surface area contributed by atoms with Crippen LogP contribution in [0.2, 0.25) is 0 Å². The number of aliphatic hydroxyl groups excluding tert-OH is 1. The van der Waals surface area contributed by atoms with Gasteiger partial charge < -0.3 is 9.84 Å². The average Bonchev–Trinajstić information content (AvgIpc) is 2.54. The molecule has 1 aliphatic carbocycles. The first-order valence-electron chi connectivity index (χ1n) is 8.11. The molecule has 0 aromatic heterocycles.